The maximum atomic E-state index is 12.1. The minimum Gasteiger partial charge on any atom is -0.480 e. The van der Waals surface area contributed by atoms with E-state index >= 15 is 0 Å². The van der Waals surface area contributed by atoms with Gasteiger partial charge in [0, 0.05) is 15.8 Å². The van der Waals surface area contributed by atoms with E-state index in [-0.39, 0.29) is 11.7 Å². The van der Waals surface area contributed by atoms with Crippen LogP contribution in [0.25, 0.3) is 0 Å². The Hall–Kier alpha value is -1.38. The molecule has 102 valence electrons. The average molecular weight is 300 g/mol. The van der Waals surface area contributed by atoms with Crippen LogP contribution in [-0.2, 0) is 21.3 Å². The largest absolute Gasteiger partial charge is 0.480 e. The van der Waals surface area contributed by atoms with E-state index in [9.17, 15) is 9.00 Å². The Balaban J connectivity index is 2.94. The molecule has 1 rings (SSSR count). The first-order chi connectivity index (χ1) is 8.86. The molecule has 0 bridgehead atoms. The minimum absolute atomic E-state index is 0.0691. The fourth-order valence-corrected chi connectivity index (χ4v) is 3.57. The topological polar surface area (TPSA) is 78.2 Å². The molecular formula is C13H14ClNO3S. The van der Waals surface area contributed by atoms with Gasteiger partial charge in [0.15, 0.2) is 0 Å². The first kappa shape index (κ1) is 15.7. The van der Waals surface area contributed by atoms with E-state index in [1.165, 1.54) is 6.07 Å². The third-order valence-electron chi connectivity index (χ3n) is 2.61. The van der Waals surface area contributed by atoms with Crippen LogP contribution >= 0.6 is 11.6 Å². The van der Waals surface area contributed by atoms with Crippen LogP contribution in [0.15, 0.2) is 18.2 Å². The van der Waals surface area contributed by atoms with Gasteiger partial charge in [-0.3, -0.25) is 9.00 Å². The standard InChI is InChI=1S/C13H14ClNO3S/c1-8(2)12(13(16)17)19(18)7-10-4-3-9(6-15)5-11(10)14/h3-5,8,12H,7H2,1-2H3,(H,16,17). The Labute approximate surface area is 119 Å². The summed E-state index contributed by atoms with van der Waals surface area (Å²) in [6.07, 6.45) is 0. The summed E-state index contributed by atoms with van der Waals surface area (Å²) in [4.78, 5) is 11.1. The third-order valence-corrected chi connectivity index (χ3v) is 4.87. The Morgan fingerprint density at radius 3 is 2.58 bits per heavy atom. The van der Waals surface area contributed by atoms with Crippen molar-refractivity contribution in [3.63, 3.8) is 0 Å². The van der Waals surface area contributed by atoms with Crippen molar-refractivity contribution in [2.24, 2.45) is 5.92 Å². The third kappa shape index (κ3) is 4.05. The van der Waals surface area contributed by atoms with Gasteiger partial charge in [-0.1, -0.05) is 31.5 Å². The number of hydrogen-bond acceptors (Lipinski definition) is 3. The summed E-state index contributed by atoms with van der Waals surface area (Å²) in [6.45, 7) is 3.44. The van der Waals surface area contributed by atoms with Gasteiger partial charge in [-0.05, 0) is 23.6 Å². The van der Waals surface area contributed by atoms with Crippen molar-refractivity contribution in [2.75, 3.05) is 0 Å². The molecule has 0 radical (unpaired) electrons. The van der Waals surface area contributed by atoms with E-state index in [1.807, 2.05) is 6.07 Å². The van der Waals surface area contributed by atoms with Gasteiger partial charge < -0.3 is 5.11 Å². The highest BCUT2D eigenvalue weighted by molar-refractivity contribution is 7.85. The average Bonchev–Trinajstić information content (AvgIpc) is 2.30. The number of benzene rings is 1. The van der Waals surface area contributed by atoms with E-state index in [4.69, 9.17) is 22.0 Å². The number of halogens is 1. The summed E-state index contributed by atoms with van der Waals surface area (Å²) >= 11 is 5.98. The van der Waals surface area contributed by atoms with Gasteiger partial charge in [0.25, 0.3) is 0 Å². The predicted octanol–water partition coefficient (Wildman–Crippen LogP) is 2.57. The normalized spacial score (nSPS) is 13.8. The molecule has 0 heterocycles. The molecule has 0 aliphatic rings. The Kier molecular flexibility index (Phi) is 5.52. The Bertz CT molecular complexity index is 551. The molecular weight excluding hydrogens is 286 g/mol. The number of aliphatic carboxylic acids is 1. The van der Waals surface area contributed by atoms with E-state index in [2.05, 4.69) is 0 Å². The van der Waals surface area contributed by atoms with E-state index in [0.29, 0.717) is 16.1 Å². The van der Waals surface area contributed by atoms with Crippen LogP contribution < -0.4 is 0 Å². The highest BCUT2D eigenvalue weighted by Crippen LogP contribution is 2.22. The van der Waals surface area contributed by atoms with Crippen LogP contribution in [0, 0.1) is 17.2 Å². The molecule has 19 heavy (non-hydrogen) atoms. The van der Waals surface area contributed by atoms with Crippen molar-refractivity contribution >= 4 is 28.4 Å². The zero-order valence-electron chi connectivity index (χ0n) is 10.6. The minimum atomic E-state index is -1.55. The summed E-state index contributed by atoms with van der Waals surface area (Å²) in [6, 6.07) is 6.62. The fourth-order valence-electron chi connectivity index (χ4n) is 1.68. The quantitative estimate of drug-likeness (QED) is 0.906. The van der Waals surface area contributed by atoms with E-state index in [0.717, 1.165) is 0 Å². The second-order valence-corrected chi connectivity index (χ2v) is 6.41. The monoisotopic (exact) mass is 299 g/mol. The van der Waals surface area contributed by atoms with E-state index < -0.39 is 22.0 Å². The molecule has 0 saturated heterocycles. The molecule has 0 spiro atoms. The summed E-state index contributed by atoms with van der Waals surface area (Å²) in [7, 11) is -1.55. The van der Waals surface area contributed by atoms with Crippen molar-refractivity contribution in [3.8, 4) is 6.07 Å². The van der Waals surface area contributed by atoms with Gasteiger partial charge >= 0.3 is 5.97 Å². The molecule has 0 saturated carbocycles. The predicted molar refractivity (Wildman–Crippen MR) is 74.3 cm³/mol. The maximum absolute atomic E-state index is 12.1. The lowest BCUT2D eigenvalue weighted by Gasteiger charge is -2.16. The molecule has 1 aromatic rings. The lowest BCUT2D eigenvalue weighted by molar-refractivity contribution is -0.137. The Morgan fingerprint density at radius 2 is 2.16 bits per heavy atom. The van der Waals surface area contributed by atoms with Crippen LogP contribution in [0.1, 0.15) is 25.0 Å². The fraction of sp³-hybridized carbons (Fsp3) is 0.385. The smallest absolute Gasteiger partial charge is 0.319 e. The number of carbonyl (C=O) groups is 1. The van der Waals surface area contributed by atoms with Crippen molar-refractivity contribution in [1.29, 1.82) is 5.26 Å². The molecule has 1 N–H and O–H groups in total. The Morgan fingerprint density at radius 1 is 1.53 bits per heavy atom. The number of nitrogens with zero attached hydrogens (tertiary/aromatic N) is 1. The molecule has 0 aromatic heterocycles. The van der Waals surface area contributed by atoms with Crippen LogP contribution in [0.2, 0.25) is 5.02 Å². The highest BCUT2D eigenvalue weighted by Gasteiger charge is 2.28. The molecule has 2 atom stereocenters. The first-order valence-electron chi connectivity index (χ1n) is 5.65. The van der Waals surface area contributed by atoms with Gasteiger partial charge in [0.05, 0.1) is 17.4 Å². The highest BCUT2D eigenvalue weighted by atomic mass is 35.5. The van der Waals surface area contributed by atoms with Crippen LogP contribution in [-0.4, -0.2) is 20.5 Å². The number of hydrogen-bond donors (Lipinski definition) is 1. The summed E-state index contributed by atoms with van der Waals surface area (Å²) in [5.41, 5.74) is 1.00. The molecule has 0 aliphatic carbocycles. The SMILES string of the molecule is CC(C)C(C(=O)O)S(=O)Cc1ccc(C#N)cc1Cl. The van der Waals surface area contributed by atoms with Crippen molar-refractivity contribution < 1.29 is 14.1 Å². The molecule has 2 unspecified atom stereocenters. The number of rotatable bonds is 5. The zero-order chi connectivity index (χ0) is 14.6. The summed E-state index contributed by atoms with van der Waals surface area (Å²) in [5.74, 6) is -1.23. The molecule has 0 amide bonds. The first-order valence-corrected chi connectivity index (χ1v) is 7.41. The molecule has 0 aliphatic heterocycles. The molecule has 4 nitrogen and oxygen atoms in total. The summed E-state index contributed by atoms with van der Waals surface area (Å²) < 4.78 is 12.1. The molecule has 1 aromatic carbocycles. The van der Waals surface area contributed by atoms with Crippen molar-refractivity contribution in [3.05, 3.63) is 34.3 Å². The van der Waals surface area contributed by atoms with Crippen LogP contribution in [0.3, 0.4) is 0 Å². The number of nitriles is 1. The zero-order valence-corrected chi connectivity index (χ0v) is 12.2. The van der Waals surface area contributed by atoms with E-state index in [1.54, 1.807) is 26.0 Å². The van der Waals surface area contributed by atoms with Crippen molar-refractivity contribution in [2.45, 2.75) is 24.9 Å². The van der Waals surface area contributed by atoms with Crippen LogP contribution in [0.5, 0.6) is 0 Å². The van der Waals surface area contributed by atoms with Gasteiger partial charge in [-0.15, -0.1) is 0 Å². The second-order valence-electron chi connectivity index (χ2n) is 4.45. The number of carboxylic acid groups (broad SMARTS) is 1. The van der Waals surface area contributed by atoms with Gasteiger partial charge in [-0.2, -0.15) is 5.26 Å². The lowest BCUT2D eigenvalue weighted by atomic mass is 10.1. The second kappa shape index (κ2) is 6.69. The van der Waals surface area contributed by atoms with Crippen LogP contribution in [0.4, 0.5) is 0 Å². The summed E-state index contributed by atoms with van der Waals surface area (Å²) in [5, 5.41) is 17.2. The number of carboxylic acids is 1. The molecule has 0 fully saturated rings. The molecule has 6 heteroatoms. The van der Waals surface area contributed by atoms with Crippen molar-refractivity contribution in [1.82, 2.24) is 0 Å². The maximum Gasteiger partial charge on any atom is 0.319 e. The lowest BCUT2D eigenvalue weighted by Crippen LogP contribution is -2.31. The van der Waals surface area contributed by atoms with Gasteiger partial charge in [-0.25, -0.2) is 0 Å². The van der Waals surface area contributed by atoms with Gasteiger partial charge in [0.1, 0.15) is 5.25 Å². The van der Waals surface area contributed by atoms with Gasteiger partial charge in [0.2, 0.25) is 0 Å².